The van der Waals surface area contributed by atoms with Crippen LogP contribution in [0, 0.1) is 6.92 Å². The number of rotatable bonds is 4. The van der Waals surface area contributed by atoms with Gasteiger partial charge in [-0.3, -0.25) is 9.20 Å². The van der Waals surface area contributed by atoms with Crippen molar-refractivity contribution in [2.45, 2.75) is 6.92 Å². The first-order valence-electron chi connectivity index (χ1n) is 5.72. The van der Waals surface area contributed by atoms with Crippen LogP contribution in [-0.2, 0) is 0 Å². The molecule has 0 amide bonds. The number of aliphatic hydroxyl groups is 1. The van der Waals surface area contributed by atoms with Crippen LogP contribution in [0.4, 0.5) is 5.82 Å². The minimum atomic E-state index is -0.341. The summed E-state index contributed by atoms with van der Waals surface area (Å²) in [5, 5.41) is 23.2. The molecule has 7 nitrogen and oxygen atoms in total. The standard InChI is InChI=1S/C12H14N4O3/c1-8-2-3-10-15-11(13-4-5-17)9(6-14-19)12(18)16(10)7-8/h2-3,6-7,13,17,19H,4-5H2,1H3. The molecule has 2 aromatic heterocycles. The van der Waals surface area contributed by atoms with Crippen LogP contribution in [0.25, 0.3) is 5.65 Å². The highest BCUT2D eigenvalue weighted by molar-refractivity contribution is 5.86. The first-order valence-corrected chi connectivity index (χ1v) is 5.72. The van der Waals surface area contributed by atoms with Gasteiger partial charge >= 0.3 is 0 Å². The average molecular weight is 262 g/mol. The van der Waals surface area contributed by atoms with E-state index in [0.29, 0.717) is 5.65 Å². The number of aryl methyl sites for hydroxylation is 1. The summed E-state index contributed by atoms with van der Waals surface area (Å²) in [6.45, 7) is 2.02. The van der Waals surface area contributed by atoms with Crippen molar-refractivity contribution in [1.29, 1.82) is 0 Å². The van der Waals surface area contributed by atoms with E-state index in [1.165, 1.54) is 4.40 Å². The number of anilines is 1. The molecule has 0 spiro atoms. The van der Waals surface area contributed by atoms with Gasteiger partial charge in [0.05, 0.1) is 12.8 Å². The Balaban J connectivity index is 2.70. The quantitative estimate of drug-likeness (QED) is 0.416. The van der Waals surface area contributed by atoms with E-state index in [9.17, 15) is 4.79 Å². The molecule has 100 valence electrons. The number of oxime groups is 1. The van der Waals surface area contributed by atoms with E-state index in [-0.39, 0.29) is 30.1 Å². The topological polar surface area (TPSA) is 99.2 Å². The highest BCUT2D eigenvalue weighted by Gasteiger charge is 2.11. The van der Waals surface area contributed by atoms with Crippen molar-refractivity contribution < 1.29 is 10.3 Å². The number of aliphatic hydroxyl groups excluding tert-OH is 1. The number of hydrogen-bond donors (Lipinski definition) is 3. The summed E-state index contributed by atoms with van der Waals surface area (Å²) < 4.78 is 1.39. The molecule has 19 heavy (non-hydrogen) atoms. The van der Waals surface area contributed by atoms with Gasteiger partial charge in [0.25, 0.3) is 5.56 Å². The molecule has 0 fully saturated rings. The Morgan fingerprint density at radius 3 is 3.00 bits per heavy atom. The Morgan fingerprint density at radius 2 is 2.32 bits per heavy atom. The largest absolute Gasteiger partial charge is 0.411 e. The maximum Gasteiger partial charge on any atom is 0.268 e. The lowest BCUT2D eigenvalue weighted by atomic mass is 10.2. The summed E-state index contributed by atoms with van der Waals surface area (Å²) in [7, 11) is 0. The number of aromatic nitrogens is 2. The predicted octanol–water partition coefficient (Wildman–Crippen LogP) is 0.215. The number of fused-ring (bicyclic) bond motifs is 1. The van der Waals surface area contributed by atoms with Crippen LogP contribution in [0.15, 0.2) is 28.3 Å². The van der Waals surface area contributed by atoms with Crippen LogP contribution < -0.4 is 10.9 Å². The summed E-state index contributed by atoms with van der Waals surface area (Å²) in [6, 6.07) is 3.57. The van der Waals surface area contributed by atoms with Crippen molar-refractivity contribution in [2.75, 3.05) is 18.5 Å². The van der Waals surface area contributed by atoms with E-state index in [4.69, 9.17) is 10.3 Å². The lowest BCUT2D eigenvalue weighted by Gasteiger charge is -2.09. The zero-order valence-electron chi connectivity index (χ0n) is 10.4. The molecule has 0 unspecified atom stereocenters. The first-order chi connectivity index (χ1) is 9.17. The molecule has 0 saturated carbocycles. The van der Waals surface area contributed by atoms with Gasteiger partial charge in [-0.25, -0.2) is 4.98 Å². The number of nitrogens with zero attached hydrogens (tertiary/aromatic N) is 3. The molecule has 2 aromatic rings. The van der Waals surface area contributed by atoms with Crippen LogP contribution >= 0.6 is 0 Å². The molecule has 0 aromatic carbocycles. The Hall–Kier alpha value is -2.41. The molecule has 0 aliphatic carbocycles. The molecular formula is C12H14N4O3. The Labute approximate surface area is 108 Å². The lowest BCUT2D eigenvalue weighted by Crippen LogP contribution is -2.23. The summed E-state index contributed by atoms with van der Waals surface area (Å²) in [4.78, 5) is 16.5. The van der Waals surface area contributed by atoms with E-state index in [1.807, 2.05) is 13.0 Å². The van der Waals surface area contributed by atoms with Crippen molar-refractivity contribution in [3.05, 3.63) is 39.8 Å². The Morgan fingerprint density at radius 1 is 1.53 bits per heavy atom. The summed E-state index contributed by atoms with van der Waals surface area (Å²) in [5.74, 6) is 0.278. The van der Waals surface area contributed by atoms with Gasteiger partial charge in [0.15, 0.2) is 0 Å². The van der Waals surface area contributed by atoms with E-state index in [0.717, 1.165) is 11.8 Å². The zero-order chi connectivity index (χ0) is 13.8. The predicted molar refractivity (Wildman–Crippen MR) is 71.2 cm³/mol. The third-order valence-corrected chi connectivity index (χ3v) is 2.60. The summed E-state index contributed by atoms with van der Waals surface area (Å²) in [6.07, 6.45) is 2.69. The minimum absolute atomic E-state index is 0.0926. The molecule has 3 N–H and O–H groups in total. The maximum atomic E-state index is 12.3. The Bertz CT molecular complexity index is 678. The third-order valence-electron chi connectivity index (χ3n) is 2.60. The van der Waals surface area contributed by atoms with Gasteiger partial charge in [0, 0.05) is 12.7 Å². The van der Waals surface area contributed by atoms with E-state index < -0.39 is 0 Å². The molecule has 0 saturated heterocycles. The maximum absolute atomic E-state index is 12.3. The first kappa shape index (κ1) is 13.0. The number of pyridine rings is 1. The fraction of sp³-hybridized carbons (Fsp3) is 0.250. The molecule has 2 rings (SSSR count). The SMILES string of the molecule is Cc1ccc2nc(NCCO)c(C=NO)c(=O)n2c1. The normalized spacial score (nSPS) is 11.3. The van der Waals surface area contributed by atoms with Crippen LogP contribution in [-0.4, -0.2) is 39.1 Å². The van der Waals surface area contributed by atoms with Gasteiger partial charge < -0.3 is 15.6 Å². The second-order valence-electron chi connectivity index (χ2n) is 4.01. The van der Waals surface area contributed by atoms with Gasteiger partial charge in [-0.2, -0.15) is 0 Å². The fourth-order valence-electron chi connectivity index (χ4n) is 1.74. The highest BCUT2D eigenvalue weighted by Crippen LogP contribution is 2.09. The van der Waals surface area contributed by atoms with Gasteiger partial charge in [-0.05, 0) is 18.6 Å². The van der Waals surface area contributed by atoms with Crippen molar-refractivity contribution >= 4 is 17.7 Å². The van der Waals surface area contributed by atoms with Gasteiger partial charge in [0.2, 0.25) is 0 Å². The molecular weight excluding hydrogens is 248 g/mol. The van der Waals surface area contributed by atoms with Gasteiger partial charge in [-0.15, -0.1) is 0 Å². The van der Waals surface area contributed by atoms with E-state index in [2.05, 4.69) is 15.5 Å². The molecule has 0 aliphatic rings. The average Bonchev–Trinajstić information content (AvgIpc) is 2.41. The smallest absolute Gasteiger partial charge is 0.268 e. The van der Waals surface area contributed by atoms with Crippen molar-refractivity contribution in [1.82, 2.24) is 9.38 Å². The lowest BCUT2D eigenvalue weighted by molar-refractivity contribution is 0.311. The molecule has 0 atom stereocenters. The molecule has 7 heteroatoms. The van der Waals surface area contributed by atoms with Crippen molar-refractivity contribution in [3.8, 4) is 0 Å². The van der Waals surface area contributed by atoms with Crippen LogP contribution in [0.3, 0.4) is 0 Å². The molecule has 2 heterocycles. The van der Waals surface area contributed by atoms with Crippen LogP contribution in [0.2, 0.25) is 0 Å². The summed E-state index contributed by atoms with van der Waals surface area (Å²) >= 11 is 0. The monoisotopic (exact) mass is 262 g/mol. The van der Waals surface area contributed by atoms with Gasteiger partial charge in [-0.1, -0.05) is 11.2 Å². The van der Waals surface area contributed by atoms with Crippen LogP contribution in [0.5, 0.6) is 0 Å². The van der Waals surface area contributed by atoms with Gasteiger partial charge in [0.1, 0.15) is 17.0 Å². The number of nitrogens with one attached hydrogen (secondary N) is 1. The van der Waals surface area contributed by atoms with Crippen LogP contribution in [0.1, 0.15) is 11.1 Å². The van der Waals surface area contributed by atoms with E-state index in [1.54, 1.807) is 12.3 Å². The minimum Gasteiger partial charge on any atom is -0.411 e. The van der Waals surface area contributed by atoms with Crippen molar-refractivity contribution in [2.24, 2.45) is 5.16 Å². The second kappa shape index (κ2) is 5.49. The zero-order valence-corrected chi connectivity index (χ0v) is 10.4. The Kier molecular flexibility index (Phi) is 3.76. The molecule has 0 radical (unpaired) electrons. The highest BCUT2D eigenvalue weighted by atomic mass is 16.4. The number of hydrogen-bond acceptors (Lipinski definition) is 6. The summed E-state index contributed by atoms with van der Waals surface area (Å²) in [5.41, 5.74) is 1.19. The van der Waals surface area contributed by atoms with Crippen molar-refractivity contribution in [3.63, 3.8) is 0 Å². The third kappa shape index (κ3) is 2.55. The molecule has 0 aliphatic heterocycles. The molecule has 0 bridgehead atoms. The fourth-order valence-corrected chi connectivity index (χ4v) is 1.74. The van der Waals surface area contributed by atoms with E-state index >= 15 is 0 Å². The second-order valence-corrected chi connectivity index (χ2v) is 4.01.